The molecule has 1 aromatic rings. The van der Waals surface area contributed by atoms with Crippen LogP contribution in [-0.2, 0) is 5.41 Å². The van der Waals surface area contributed by atoms with E-state index in [0.717, 1.165) is 5.56 Å². The lowest BCUT2D eigenvalue weighted by molar-refractivity contribution is 0.174. The molecular weight excluding hydrogens is 330 g/mol. The van der Waals surface area contributed by atoms with E-state index < -0.39 is 11.6 Å². The van der Waals surface area contributed by atoms with E-state index in [9.17, 15) is 8.78 Å². The van der Waals surface area contributed by atoms with Gasteiger partial charge < -0.3 is 0 Å². The fourth-order valence-corrected chi connectivity index (χ4v) is 8.39. The maximum Gasteiger partial charge on any atom is 0.159 e. The predicted octanol–water partition coefficient (Wildman–Crippen LogP) is 7.26. The van der Waals surface area contributed by atoms with Crippen LogP contribution in [0.3, 0.4) is 0 Å². The Morgan fingerprint density at radius 2 is 1.72 bits per heavy atom. The summed E-state index contributed by atoms with van der Waals surface area (Å²) in [6.07, 6.45) is 12.9. The molecule has 1 aliphatic carbocycles. The molecule has 1 radical (unpaired) electrons. The van der Waals surface area contributed by atoms with Crippen molar-refractivity contribution in [2.24, 2.45) is 5.92 Å². The van der Waals surface area contributed by atoms with Gasteiger partial charge in [-0.25, -0.2) is 8.78 Å². The minimum atomic E-state index is -0.709. The van der Waals surface area contributed by atoms with Crippen LogP contribution in [-0.4, -0.2) is 8.80 Å². The van der Waals surface area contributed by atoms with Gasteiger partial charge in [0.25, 0.3) is 0 Å². The van der Waals surface area contributed by atoms with Crippen molar-refractivity contribution in [2.75, 3.05) is 0 Å². The Morgan fingerprint density at radius 3 is 2.36 bits per heavy atom. The number of unbranched alkanes of at least 4 members (excludes halogenated alkanes) is 2. The van der Waals surface area contributed by atoms with Gasteiger partial charge in [-0.15, -0.1) is 0 Å². The van der Waals surface area contributed by atoms with Gasteiger partial charge in [0.2, 0.25) is 0 Å². The van der Waals surface area contributed by atoms with E-state index >= 15 is 0 Å². The predicted molar refractivity (Wildman–Crippen MR) is 104 cm³/mol. The molecule has 0 bridgehead atoms. The topological polar surface area (TPSA) is 0 Å². The zero-order chi connectivity index (χ0) is 17.7. The SMILES string of the molecule is CCCCC[Si]1CCC(C2(c3ccc(F)c(F)c3)CCCCC2)CC1. The van der Waals surface area contributed by atoms with Crippen LogP contribution in [0, 0.1) is 17.6 Å². The molecule has 1 saturated carbocycles. The monoisotopic (exact) mass is 363 g/mol. The van der Waals surface area contributed by atoms with Gasteiger partial charge in [-0.3, -0.25) is 0 Å². The molecular formula is C22H33F2Si. The normalized spacial score (nSPS) is 22.2. The molecule has 1 aromatic carbocycles. The van der Waals surface area contributed by atoms with E-state index in [0.29, 0.717) is 5.92 Å². The third-order valence-electron chi connectivity index (χ3n) is 6.85. The summed E-state index contributed by atoms with van der Waals surface area (Å²) < 4.78 is 27.4. The van der Waals surface area contributed by atoms with E-state index in [1.807, 2.05) is 6.07 Å². The van der Waals surface area contributed by atoms with Gasteiger partial charge in [0, 0.05) is 8.80 Å². The standard InChI is InChI=1S/C22H33F2Si/c1-2-3-7-14-25-15-10-18(11-16-25)22(12-5-4-6-13-22)19-8-9-20(23)21(24)17-19/h8-9,17-18H,2-7,10-16H2,1H3. The lowest BCUT2D eigenvalue weighted by atomic mass is 9.60. The number of halogens is 2. The Balaban J connectivity index is 1.72. The molecule has 2 fully saturated rings. The second-order valence-electron chi connectivity index (χ2n) is 8.33. The van der Waals surface area contributed by atoms with Crippen molar-refractivity contribution in [1.29, 1.82) is 0 Å². The van der Waals surface area contributed by atoms with Crippen molar-refractivity contribution in [3.05, 3.63) is 35.4 Å². The van der Waals surface area contributed by atoms with Crippen LogP contribution in [0.15, 0.2) is 18.2 Å². The Bertz CT molecular complexity index is 543. The smallest absolute Gasteiger partial charge is 0.159 e. The lowest BCUT2D eigenvalue weighted by Gasteiger charge is -2.47. The largest absolute Gasteiger partial charge is 0.204 e. The van der Waals surface area contributed by atoms with Gasteiger partial charge in [-0.1, -0.05) is 82.5 Å². The fourth-order valence-electron chi connectivity index (χ4n) is 5.37. The van der Waals surface area contributed by atoms with Crippen molar-refractivity contribution in [3.8, 4) is 0 Å². The zero-order valence-electron chi connectivity index (χ0n) is 15.8. The third kappa shape index (κ3) is 4.35. The van der Waals surface area contributed by atoms with Crippen molar-refractivity contribution in [3.63, 3.8) is 0 Å². The Kier molecular flexibility index (Phi) is 6.71. The maximum atomic E-state index is 13.9. The Morgan fingerprint density at radius 1 is 1.00 bits per heavy atom. The molecule has 1 heterocycles. The van der Waals surface area contributed by atoms with Gasteiger partial charge in [0.15, 0.2) is 11.6 Å². The summed E-state index contributed by atoms with van der Waals surface area (Å²) in [7, 11) is -0.147. The van der Waals surface area contributed by atoms with Gasteiger partial charge in [-0.2, -0.15) is 0 Å². The molecule has 25 heavy (non-hydrogen) atoms. The summed E-state index contributed by atoms with van der Waals surface area (Å²) in [6, 6.07) is 9.11. The van der Waals surface area contributed by atoms with Crippen molar-refractivity contribution in [2.45, 2.75) is 94.7 Å². The molecule has 0 amide bonds. The summed E-state index contributed by atoms with van der Waals surface area (Å²) in [4.78, 5) is 0. The van der Waals surface area contributed by atoms with Crippen LogP contribution >= 0.6 is 0 Å². The van der Waals surface area contributed by atoms with E-state index in [2.05, 4.69) is 6.92 Å². The number of benzene rings is 1. The quantitative estimate of drug-likeness (QED) is 0.368. The first kappa shape index (κ1) is 19.1. The second kappa shape index (κ2) is 8.79. The van der Waals surface area contributed by atoms with E-state index in [1.54, 1.807) is 0 Å². The van der Waals surface area contributed by atoms with Gasteiger partial charge in [-0.05, 0) is 41.9 Å². The van der Waals surface area contributed by atoms with Crippen LogP contribution in [0.25, 0.3) is 0 Å². The zero-order valence-corrected chi connectivity index (χ0v) is 16.8. The molecule has 0 N–H and O–H groups in total. The summed E-state index contributed by atoms with van der Waals surface area (Å²) in [6.45, 7) is 2.28. The van der Waals surface area contributed by atoms with Gasteiger partial charge >= 0.3 is 0 Å². The highest BCUT2D eigenvalue weighted by molar-refractivity contribution is 6.58. The molecule has 0 unspecified atom stereocenters. The molecule has 2 aliphatic rings. The Hall–Kier alpha value is -0.703. The lowest BCUT2D eigenvalue weighted by Crippen LogP contribution is -2.40. The molecule has 3 rings (SSSR count). The second-order valence-corrected chi connectivity index (χ2v) is 11.3. The number of hydrogen-bond donors (Lipinski definition) is 0. The van der Waals surface area contributed by atoms with E-state index in [1.165, 1.54) is 94.5 Å². The fraction of sp³-hybridized carbons (Fsp3) is 0.727. The van der Waals surface area contributed by atoms with E-state index in [4.69, 9.17) is 0 Å². The van der Waals surface area contributed by atoms with Crippen LogP contribution < -0.4 is 0 Å². The van der Waals surface area contributed by atoms with Gasteiger partial charge in [0.05, 0.1) is 0 Å². The molecule has 0 aromatic heterocycles. The molecule has 1 saturated heterocycles. The first-order valence-corrected chi connectivity index (χ1v) is 12.6. The van der Waals surface area contributed by atoms with Crippen molar-refractivity contribution in [1.82, 2.24) is 0 Å². The van der Waals surface area contributed by atoms with Gasteiger partial charge in [0.1, 0.15) is 0 Å². The van der Waals surface area contributed by atoms with E-state index in [-0.39, 0.29) is 14.2 Å². The molecule has 3 heteroatoms. The minimum absolute atomic E-state index is 0.115. The maximum absolute atomic E-state index is 13.9. The molecule has 139 valence electrons. The van der Waals surface area contributed by atoms with Crippen LogP contribution in [0.5, 0.6) is 0 Å². The number of hydrogen-bond acceptors (Lipinski definition) is 0. The van der Waals surface area contributed by atoms with Crippen LogP contribution in [0.4, 0.5) is 8.78 Å². The highest BCUT2D eigenvalue weighted by Gasteiger charge is 2.42. The molecule has 0 atom stereocenters. The highest BCUT2D eigenvalue weighted by Crippen LogP contribution is 2.50. The van der Waals surface area contributed by atoms with Crippen LogP contribution in [0.2, 0.25) is 18.1 Å². The molecule has 0 spiro atoms. The average molecular weight is 364 g/mol. The number of rotatable bonds is 6. The van der Waals surface area contributed by atoms with Crippen molar-refractivity contribution < 1.29 is 8.78 Å². The first-order valence-electron chi connectivity index (χ1n) is 10.4. The summed E-state index contributed by atoms with van der Waals surface area (Å²) >= 11 is 0. The average Bonchev–Trinajstić information content (AvgIpc) is 2.65. The summed E-state index contributed by atoms with van der Waals surface area (Å²) in [5.41, 5.74) is 1.20. The van der Waals surface area contributed by atoms with Crippen LogP contribution in [0.1, 0.15) is 76.7 Å². The minimum Gasteiger partial charge on any atom is -0.204 e. The summed E-state index contributed by atoms with van der Waals surface area (Å²) in [5, 5.41) is 0. The molecule has 1 aliphatic heterocycles. The Labute approximate surface area is 154 Å². The third-order valence-corrected chi connectivity index (χ3v) is 9.90. The molecule has 0 nitrogen and oxygen atoms in total. The highest BCUT2D eigenvalue weighted by atomic mass is 28.3. The summed E-state index contributed by atoms with van der Waals surface area (Å²) in [5.74, 6) is -0.695. The first-order chi connectivity index (χ1) is 12.2. The van der Waals surface area contributed by atoms with Crippen molar-refractivity contribution >= 4 is 8.80 Å².